The summed E-state index contributed by atoms with van der Waals surface area (Å²) in [6.45, 7) is 12.2. The second kappa shape index (κ2) is 14.1. The molecule has 0 radical (unpaired) electrons. The number of methoxy groups -OCH3 is 3. The van der Waals surface area contributed by atoms with Crippen LogP contribution in [0.4, 0.5) is 13.2 Å². The molecule has 0 saturated carbocycles. The van der Waals surface area contributed by atoms with Gasteiger partial charge in [0.1, 0.15) is 12.5 Å². The van der Waals surface area contributed by atoms with Gasteiger partial charge in [0.15, 0.2) is 0 Å². The van der Waals surface area contributed by atoms with Crippen molar-refractivity contribution in [3.63, 3.8) is 0 Å². The molecule has 0 aromatic heterocycles. The van der Waals surface area contributed by atoms with Crippen LogP contribution in [-0.4, -0.2) is 40.5 Å². The van der Waals surface area contributed by atoms with E-state index in [9.17, 15) is 18.0 Å². The second-order valence-electron chi connectivity index (χ2n) is 5.31. The minimum atomic E-state index is -4.46. The zero-order valence-corrected chi connectivity index (χ0v) is 16.6. The fraction of sp³-hybridized carbons (Fsp3) is 0.556. The number of alkyl halides is 3. The molecule has 0 unspecified atom stereocenters. The number of ether oxygens (including phenoxy) is 3. The Hall–Kier alpha value is -2.09. The molecular weight excluding hydrogens is 353 g/mol. The summed E-state index contributed by atoms with van der Waals surface area (Å²) >= 11 is 0. The molecule has 1 aromatic carbocycles. The Morgan fingerprint density at radius 1 is 1.00 bits per heavy atom. The highest BCUT2D eigenvalue weighted by molar-refractivity contribution is 5.89. The van der Waals surface area contributed by atoms with E-state index in [0.29, 0.717) is 12.7 Å². The number of esters is 1. The zero-order valence-electron chi connectivity index (χ0n) is 16.6. The van der Waals surface area contributed by atoms with E-state index in [-0.39, 0.29) is 11.4 Å². The first-order valence-corrected chi connectivity index (χ1v) is 7.63. The Morgan fingerprint density at radius 3 is 1.69 bits per heavy atom. The van der Waals surface area contributed by atoms with Crippen LogP contribution >= 0.6 is 0 Å². The molecule has 0 aliphatic heterocycles. The van der Waals surface area contributed by atoms with Gasteiger partial charge in [0.2, 0.25) is 0 Å². The fourth-order valence-electron chi connectivity index (χ4n) is 1.54. The maximum atomic E-state index is 11.4. The van der Waals surface area contributed by atoms with Gasteiger partial charge in [-0.3, -0.25) is 4.74 Å². The average Bonchev–Trinajstić information content (AvgIpc) is 2.63. The van der Waals surface area contributed by atoms with Crippen LogP contribution in [0.5, 0.6) is 5.75 Å². The van der Waals surface area contributed by atoms with Crippen LogP contribution in [0, 0.1) is 0 Å². The number of benzene rings is 1. The van der Waals surface area contributed by atoms with Gasteiger partial charge in [0, 0.05) is 12.7 Å². The van der Waals surface area contributed by atoms with Gasteiger partial charge < -0.3 is 14.3 Å². The van der Waals surface area contributed by atoms with Gasteiger partial charge in [-0.15, -0.1) is 13.2 Å². The fourth-order valence-corrected chi connectivity index (χ4v) is 1.54. The van der Waals surface area contributed by atoms with E-state index in [1.54, 1.807) is 19.2 Å². The normalized spacial score (nSPS) is 9.96. The van der Waals surface area contributed by atoms with E-state index in [0.717, 1.165) is 11.3 Å². The summed E-state index contributed by atoms with van der Waals surface area (Å²) < 4.78 is 44.6. The van der Waals surface area contributed by atoms with Crippen LogP contribution in [0.25, 0.3) is 0 Å². The van der Waals surface area contributed by atoms with Crippen molar-refractivity contribution in [3.05, 3.63) is 29.3 Å². The van der Waals surface area contributed by atoms with E-state index >= 15 is 0 Å². The van der Waals surface area contributed by atoms with Crippen molar-refractivity contribution < 1.29 is 37.0 Å². The van der Waals surface area contributed by atoms with Crippen molar-refractivity contribution in [2.45, 2.75) is 46.4 Å². The SMILES string of the molecule is C=O.CC.COC(=O)c1ccc(OC)c(C(C)(C)C)c1.COC(F)(F)F. The zero-order chi connectivity index (χ0) is 21.6. The Kier molecular flexibility index (Phi) is 15.6. The summed E-state index contributed by atoms with van der Waals surface area (Å²) in [7, 11) is 3.59. The van der Waals surface area contributed by atoms with Gasteiger partial charge in [-0.2, -0.15) is 0 Å². The monoisotopic (exact) mass is 382 g/mol. The average molecular weight is 382 g/mol. The van der Waals surface area contributed by atoms with E-state index in [1.165, 1.54) is 7.11 Å². The predicted molar refractivity (Wildman–Crippen MR) is 94.6 cm³/mol. The number of carbonyl (C=O) groups excluding carboxylic acids is 2. The van der Waals surface area contributed by atoms with Gasteiger partial charge >= 0.3 is 12.3 Å². The highest BCUT2D eigenvalue weighted by Crippen LogP contribution is 2.32. The maximum absolute atomic E-state index is 11.4. The van der Waals surface area contributed by atoms with Crippen molar-refractivity contribution >= 4 is 12.8 Å². The molecule has 0 aliphatic rings. The third-order valence-electron chi connectivity index (χ3n) is 2.66. The smallest absolute Gasteiger partial charge is 0.496 e. The van der Waals surface area contributed by atoms with Gasteiger partial charge in [-0.25, -0.2) is 4.79 Å². The van der Waals surface area contributed by atoms with Gasteiger partial charge in [-0.05, 0) is 23.6 Å². The topological polar surface area (TPSA) is 61.8 Å². The predicted octanol–water partition coefficient (Wildman–Crippen LogP) is 4.77. The molecule has 0 atom stereocenters. The second-order valence-corrected chi connectivity index (χ2v) is 5.31. The van der Waals surface area contributed by atoms with Crippen LogP contribution < -0.4 is 4.74 Å². The summed E-state index contributed by atoms with van der Waals surface area (Å²) in [5.74, 6) is 0.466. The van der Waals surface area contributed by atoms with Crippen molar-refractivity contribution in [3.8, 4) is 5.75 Å². The van der Waals surface area contributed by atoms with E-state index in [4.69, 9.17) is 14.3 Å². The standard InChI is InChI=1S/C13H18O3.C2H3F3O.C2H6.CH2O/c1-13(2,3)10-8-9(12(14)16-5)6-7-11(10)15-4;1-6-2(3,4)5;2*1-2/h6-8H,1-5H3;1H3;1-2H3;1H2. The van der Waals surface area contributed by atoms with Crippen LogP contribution in [0.2, 0.25) is 0 Å². The molecular formula is C18H29F3O5. The lowest BCUT2D eigenvalue weighted by Crippen LogP contribution is -2.14. The minimum absolute atomic E-state index is 0.0740. The van der Waals surface area contributed by atoms with Gasteiger partial charge in [0.05, 0.1) is 19.8 Å². The number of rotatable bonds is 2. The molecule has 152 valence electrons. The highest BCUT2D eigenvalue weighted by Gasteiger charge is 2.25. The molecule has 26 heavy (non-hydrogen) atoms. The molecule has 0 amide bonds. The molecule has 1 rings (SSSR count). The third-order valence-corrected chi connectivity index (χ3v) is 2.66. The molecule has 8 heteroatoms. The summed E-state index contributed by atoms with van der Waals surface area (Å²) in [6.07, 6.45) is -4.46. The summed E-state index contributed by atoms with van der Waals surface area (Å²) in [5.41, 5.74) is 1.47. The first kappa shape index (κ1) is 28.7. The van der Waals surface area contributed by atoms with Crippen LogP contribution in [0.3, 0.4) is 0 Å². The van der Waals surface area contributed by atoms with Crippen LogP contribution in [0.1, 0.15) is 50.5 Å². The van der Waals surface area contributed by atoms with E-state index in [1.807, 2.05) is 26.7 Å². The third kappa shape index (κ3) is 12.3. The highest BCUT2D eigenvalue weighted by atomic mass is 19.4. The number of halogens is 3. The Bertz CT molecular complexity index is 509. The number of hydrogen-bond acceptors (Lipinski definition) is 5. The molecule has 0 fully saturated rings. The van der Waals surface area contributed by atoms with Crippen molar-refractivity contribution in [2.75, 3.05) is 21.3 Å². The Balaban J connectivity index is -0.000000445. The molecule has 0 bridgehead atoms. The number of carbonyl (C=O) groups is 2. The molecule has 0 saturated heterocycles. The first-order chi connectivity index (χ1) is 12.0. The molecule has 5 nitrogen and oxygen atoms in total. The largest absolute Gasteiger partial charge is 0.522 e. The van der Waals surface area contributed by atoms with Crippen LogP contribution in [-0.2, 0) is 19.7 Å². The van der Waals surface area contributed by atoms with Crippen molar-refractivity contribution in [1.29, 1.82) is 0 Å². The van der Waals surface area contributed by atoms with E-state index < -0.39 is 6.36 Å². The molecule has 0 aliphatic carbocycles. The summed E-state index contributed by atoms with van der Waals surface area (Å²) in [6, 6.07) is 5.33. The minimum Gasteiger partial charge on any atom is -0.496 e. The Morgan fingerprint density at radius 2 is 1.42 bits per heavy atom. The summed E-state index contributed by atoms with van der Waals surface area (Å²) in [5, 5.41) is 0. The van der Waals surface area contributed by atoms with Gasteiger partial charge in [-0.1, -0.05) is 34.6 Å². The lowest BCUT2D eigenvalue weighted by molar-refractivity contribution is -0.311. The molecule has 1 aromatic rings. The maximum Gasteiger partial charge on any atom is 0.522 e. The molecule has 0 spiro atoms. The lowest BCUT2D eigenvalue weighted by Gasteiger charge is -2.22. The first-order valence-electron chi connectivity index (χ1n) is 7.63. The molecule has 0 N–H and O–H groups in total. The quantitative estimate of drug-likeness (QED) is 0.689. The van der Waals surface area contributed by atoms with E-state index in [2.05, 4.69) is 25.5 Å². The van der Waals surface area contributed by atoms with Crippen molar-refractivity contribution in [1.82, 2.24) is 0 Å². The summed E-state index contributed by atoms with van der Waals surface area (Å²) in [4.78, 5) is 19.4. The van der Waals surface area contributed by atoms with Gasteiger partial charge in [0.25, 0.3) is 0 Å². The number of hydrogen-bond donors (Lipinski definition) is 0. The molecule has 0 heterocycles. The van der Waals surface area contributed by atoms with Crippen LogP contribution in [0.15, 0.2) is 18.2 Å². The Labute approximate surface area is 153 Å². The van der Waals surface area contributed by atoms with Crippen molar-refractivity contribution in [2.24, 2.45) is 0 Å². The lowest BCUT2D eigenvalue weighted by atomic mass is 9.85.